The van der Waals surface area contributed by atoms with Gasteiger partial charge in [-0.05, 0) is 67.4 Å². The van der Waals surface area contributed by atoms with Crippen molar-refractivity contribution in [2.75, 3.05) is 16.8 Å². The van der Waals surface area contributed by atoms with Crippen LogP contribution in [-0.4, -0.2) is 28.1 Å². The van der Waals surface area contributed by atoms with Crippen molar-refractivity contribution in [1.82, 2.24) is 9.78 Å². The molecule has 1 N–H and O–H groups in total. The molecule has 0 spiro atoms. The molecule has 164 valence electrons. The SMILES string of the molecule is Cc1c(C(=O)Nc2ccc(C(=O)N3CCc4ccccc43)cc2)cnn1-c1cccc(Cl)c1. The van der Waals surface area contributed by atoms with Crippen LogP contribution in [-0.2, 0) is 6.42 Å². The maximum absolute atomic E-state index is 13.0. The van der Waals surface area contributed by atoms with Gasteiger partial charge in [0.1, 0.15) is 0 Å². The molecule has 7 heteroatoms. The number of rotatable bonds is 4. The highest BCUT2D eigenvalue weighted by atomic mass is 35.5. The second kappa shape index (κ2) is 8.56. The Morgan fingerprint density at radius 3 is 2.58 bits per heavy atom. The first-order valence-corrected chi connectivity index (χ1v) is 11.0. The minimum atomic E-state index is -0.270. The number of hydrogen-bond acceptors (Lipinski definition) is 3. The summed E-state index contributed by atoms with van der Waals surface area (Å²) in [4.78, 5) is 27.6. The van der Waals surface area contributed by atoms with Gasteiger partial charge in [0.25, 0.3) is 11.8 Å². The zero-order valence-corrected chi connectivity index (χ0v) is 18.7. The number of nitrogens with zero attached hydrogens (tertiary/aromatic N) is 3. The highest BCUT2D eigenvalue weighted by Gasteiger charge is 2.25. The summed E-state index contributed by atoms with van der Waals surface area (Å²) in [6, 6.07) is 22.2. The van der Waals surface area contributed by atoms with Crippen LogP contribution in [0.15, 0.2) is 79.0 Å². The van der Waals surface area contributed by atoms with Gasteiger partial charge in [-0.1, -0.05) is 35.9 Å². The molecule has 0 saturated heterocycles. The average Bonchev–Trinajstić information content (AvgIpc) is 3.43. The van der Waals surface area contributed by atoms with Crippen molar-refractivity contribution in [1.29, 1.82) is 0 Å². The molecule has 1 aliphatic heterocycles. The van der Waals surface area contributed by atoms with E-state index in [-0.39, 0.29) is 11.8 Å². The fourth-order valence-electron chi connectivity index (χ4n) is 4.10. The molecule has 0 radical (unpaired) electrons. The summed E-state index contributed by atoms with van der Waals surface area (Å²) < 4.78 is 1.68. The highest BCUT2D eigenvalue weighted by molar-refractivity contribution is 6.30. The molecule has 0 unspecified atom stereocenters. The minimum Gasteiger partial charge on any atom is -0.322 e. The predicted molar refractivity (Wildman–Crippen MR) is 130 cm³/mol. The number of benzene rings is 3. The Kier molecular flexibility index (Phi) is 5.44. The van der Waals surface area contributed by atoms with Crippen LogP contribution in [0.5, 0.6) is 0 Å². The van der Waals surface area contributed by atoms with Crippen molar-refractivity contribution in [3.63, 3.8) is 0 Å². The molecule has 0 atom stereocenters. The van der Waals surface area contributed by atoms with Gasteiger partial charge < -0.3 is 10.2 Å². The molecule has 6 nitrogen and oxygen atoms in total. The molecule has 2 amide bonds. The molecule has 0 saturated carbocycles. The van der Waals surface area contributed by atoms with E-state index in [1.54, 1.807) is 46.0 Å². The van der Waals surface area contributed by atoms with Crippen molar-refractivity contribution in [3.8, 4) is 5.69 Å². The molecule has 0 aliphatic carbocycles. The van der Waals surface area contributed by atoms with Crippen LogP contribution in [0.25, 0.3) is 5.69 Å². The van der Waals surface area contributed by atoms with Gasteiger partial charge in [-0.15, -0.1) is 0 Å². The van der Waals surface area contributed by atoms with Crippen molar-refractivity contribution in [3.05, 3.63) is 106 Å². The van der Waals surface area contributed by atoms with Gasteiger partial charge in [0.05, 0.1) is 23.1 Å². The van der Waals surface area contributed by atoms with E-state index in [1.807, 2.05) is 37.3 Å². The Morgan fingerprint density at radius 2 is 1.79 bits per heavy atom. The summed E-state index contributed by atoms with van der Waals surface area (Å²) in [7, 11) is 0. The van der Waals surface area contributed by atoms with Crippen molar-refractivity contribution >= 4 is 34.8 Å². The van der Waals surface area contributed by atoms with E-state index in [9.17, 15) is 9.59 Å². The number of fused-ring (bicyclic) bond motifs is 1. The van der Waals surface area contributed by atoms with Crippen LogP contribution in [0.2, 0.25) is 5.02 Å². The number of hydrogen-bond donors (Lipinski definition) is 1. The standard InChI is InChI=1S/C26H21ClN4O2/c1-17-23(16-28-31(17)22-7-4-6-20(27)15-22)25(32)29-21-11-9-19(10-12-21)26(33)30-14-13-18-5-2-3-8-24(18)30/h2-12,15-16H,13-14H2,1H3,(H,29,32). The van der Waals surface area contributed by atoms with Gasteiger partial charge >= 0.3 is 0 Å². The Labute approximate surface area is 196 Å². The number of carbonyl (C=O) groups excluding carboxylic acids is 2. The lowest BCUT2D eigenvalue weighted by molar-refractivity contribution is 0.0988. The summed E-state index contributed by atoms with van der Waals surface area (Å²) in [6.07, 6.45) is 2.40. The summed E-state index contributed by atoms with van der Waals surface area (Å²) in [5.41, 5.74) is 5.28. The maximum atomic E-state index is 13.0. The van der Waals surface area contributed by atoms with Crippen LogP contribution in [0.4, 0.5) is 11.4 Å². The fraction of sp³-hybridized carbons (Fsp3) is 0.115. The van der Waals surface area contributed by atoms with E-state index >= 15 is 0 Å². The fourth-order valence-corrected chi connectivity index (χ4v) is 4.28. The van der Waals surface area contributed by atoms with Gasteiger partial charge in [0, 0.05) is 28.5 Å². The number of nitrogens with one attached hydrogen (secondary N) is 1. The first kappa shape index (κ1) is 21.0. The quantitative estimate of drug-likeness (QED) is 0.453. The average molecular weight is 457 g/mol. The largest absolute Gasteiger partial charge is 0.322 e. The van der Waals surface area contributed by atoms with Crippen LogP contribution in [0.3, 0.4) is 0 Å². The molecule has 33 heavy (non-hydrogen) atoms. The molecular weight excluding hydrogens is 436 g/mol. The Bertz CT molecular complexity index is 1360. The second-order valence-electron chi connectivity index (χ2n) is 7.90. The van der Waals surface area contributed by atoms with Crippen LogP contribution >= 0.6 is 11.6 Å². The molecule has 1 aliphatic rings. The smallest absolute Gasteiger partial charge is 0.259 e. The molecule has 5 rings (SSSR count). The van der Waals surface area contributed by atoms with Gasteiger partial charge in [-0.3, -0.25) is 9.59 Å². The molecule has 4 aromatic rings. The zero-order valence-electron chi connectivity index (χ0n) is 18.0. The third-order valence-electron chi connectivity index (χ3n) is 5.83. The Hall–Kier alpha value is -3.90. The van der Waals surface area contributed by atoms with Crippen LogP contribution in [0, 0.1) is 6.92 Å². The van der Waals surface area contributed by atoms with Crippen LogP contribution < -0.4 is 10.2 Å². The first-order valence-electron chi connectivity index (χ1n) is 10.6. The number of carbonyl (C=O) groups is 2. The van der Waals surface area contributed by atoms with E-state index < -0.39 is 0 Å². The zero-order chi connectivity index (χ0) is 22.9. The van der Waals surface area contributed by atoms with Crippen LogP contribution in [0.1, 0.15) is 32.0 Å². The van der Waals surface area contributed by atoms with E-state index in [0.717, 1.165) is 17.8 Å². The molecule has 0 fully saturated rings. The topological polar surface area (TPSA) is 67.2 Å². The monoisotopic (exact) mass is 456 g/mol. The minimum absolute atomic E-state index is 0.0449. The van der Waals surface area contributed by atoms with Gasteiger partial charge in [-0.25, -0.2) is 4.68 Å². The first-order chi connectivity index (χ1) is 16.0. The Balaban J connectivity index is 1.30. The molecule has 0 bridgehead atoms. The van der Waals surface area contributed by atoms with E-state index in [4.69, 9.17) is 11.6 Å². The summed E-state index contributed by atoms with van der Waals surface area (Å²) in [5.74, 6) is -0.315. The highest BCUT2D eigenvalue weighted by Crippen LogP contribution is 2.29. The number of para-hydroxylation sites is 1. The number of aromatic nitrogens is 2. The molecule has 3 aromatic carbocycles. The number of anilines is 2. The third-order valence-corrected chi connectivity index (χ3v) is 6.06. The number of amides is 2. The predicted octanol–water partition coefficient (Wildman–Crippen LogP) is 5.29. The maximum Gasteiger partial charge on any atom is 0.259 e. The molecule has 2 heterocycles. The van der Waals surface area contributed by atoms with Crippen molar-refractivity contribution in [2.45, 2.75) is 13.3 Å². The Morgan fingerprint density at radius 1 is 1.00 bits per heavy atom. The van der Waals surface area contributed by atoms with Crippen molar-refractivity contribution in [2.24, 2.45) is 0 Å². The summed E-state index contributed by atoms with van der Waals surface area (Å²) >= 11 is 6.08. The number of halogens is 1. The lowest BCUT2D eigenvalue weighted by Crippen LogP contribution is -2.28. The lowest BCUT2D eigenvalue weighted by atomic mass is 10.1. The molecular formula is C26H21ClN4O2. The van der Waals surface area contributed by atoms with Crippen molar-refractivity contribution < 1.29 is 9.59 Å². The van der Waals surface area contributed by atoms with E-state index in [2.05, 4.69) is 16.5 Å². The van der Waals surface area contributed by atoms with Gasteiger partial charge in [0.2, 0.25) is 0 Å². The summed E-state index contributed by atoms with van der Waals surface area (Å²) in [5, 5.41) is 7.82. The van der Waals surface area contributed by atoms with Gasteiger partial charge in [-0.2, -0.15) is 5.10 Å². The third kappa shape index (κ3) is 4.01. The van der Waals surface area contributed by atoms with E-state index in [0.29, 0.717) is 34.1 Å². The van der Waals surface area contributed by atoms with Gasteiger partial charge in [0.15, 0.2) is 0 Å². The molecule has 1 aromatic heterocycles. The summed E-state index contributed by atoms with van der Waals surface area (Å²) in [6.45, 7) is 2.50. The van der Waals surface area contributed by atoms with E-state index in [1.165, 1.54) is 11.8 Å². The second-order valence-corrected chi connectivity index (χ2v) is 8.34. The normalized spacial score (nSPS) is 12.5. The lowest BCUT2D eigenvalue weighted by Gasteiger charge is -2.17.